The first-order valence-electron chi connectivity index (χ1n) is 12.1. The molecule has 1 heterocycles. The monoisotopic (exact) mass is 576 g/mol. The molecule has 0 aliphatic heterocycles. The molecule has 1 aromatic rings. The first kappa shape index (κ1) is 33.9. The SMILES string of the molecule is CC(C)(C)OC(=O)NC(=NCCCC(NC(=O)Cn1cccc(N)c1=O)C(=O)C(F)(F)F)NC(=O)OC(C)(C)C. The van der Waals surface area contributed by atoms with Gasteiger partial charge in [0.15, 0.2) is 0 Å². The summed E-state index contributed by atoms with van der Waals surface area (Å²) in [4.78, 5) is 64.5. The van der Waals surface area contributed by atoms with Crippen molar-refractivity contribution in [3.8, 4) is 0 Å². The van der Waals surface area contributed by atoms with E-state index in [4.69, 9.17) is 15.2 Å². The van der Waals surface area contributed by atoms with E-state index in [1.807, 2.05) is 5.32 Å². The smallest absolute Gasteiger partial charge is 0.444 e. The van der Waals surface area contributed by atoms with Crippen molar-refractivity contribution in [3.63, 3.8) is 0 Å². The number of amides is 3. The third-order valence-electron chi connectivity index (χ3n) is 4.45. The second-order valence-corrected chi connectivity index (χ2v) is 10.5. The van der Waals surface area contributed by atoms with Crippen LogP contribution in [0.3, 0.4) is 0 Å². The van der Waals surface area contributed by atoms with Gasteiger partial charge in [-0.05, 0) is 66.5 Å². The summed E-state index contributed by atoms with van der Waals surface area (Å²) in [6.45, 7) is 8.62. The molecular weight excluding hydrogens is 541 g/mol. The fraction of sp³-hybridized carbons (Fsp3) is 0.583. The molecule has 3 amide bonds. The number of pyridine rings is 1. The van der Waals surface area contributed by atoms with E-state index in [-0.39, 0.29) is 18.7 Å². The minimum absolute atomic E-state index is 0.174. The van der Waals surface area contributed by atoms with Gasteiger partial charge in [-0.25, -0.2) is 9.59 Å². The maximum Gasteiger partial charge on any atom is 0.452 e. The van der Waals surface area contributed by atoms with Crippen LogP contribution in [0.2, 0.25) is 0 Å². The molecule has 0 spiro atoms. The van der Waals surface area contributed by atoms with E-state index >= 15 is 0 Å². The van der Waals surface area contributed by atoms with E-state index in [9.17, 15) is 37.1 Å². The molecule has 1 atom stereocenters. The highest BCUT2D eigenvalue weighted by atomic mass is 19.4. The number of carbonyl (C=O) groups is 4. The van der Waals surface area contributed by atoms with Crippen LogP contribution in [-0.4, -0.2) is 64.4 Å². The number of nitrogens with one attached hydrogen (secondary N) is 3. The molecule has 0 saturated heterocycles. The summed E-state index contributed by atoms with van der Waals surface area (Å²) < 4.78 is 50.6. The summed E-state index contributed by atoms with van der Waals surface area (Å²) in [5.74, 6) is -3.64. The number of alkyl carbamates (subject to hydrolysis) is 2. The number of alkyl halides is 3. The summed E-state index contributed by atoms with van der Waals surface area (Å²) in [5.41, 5.74) is 2.80. The van der Waals surface area contributed by atoms with Crippen LogP contribution in [0.15, 0.2) is 28.1 Å². The Morgan fingerprint density at radius 1 is 1.00 bits per heavy atom. The molecule has 5 N–H and O–H groups in total. The van der Waals surface area contributed by atoms with Gasteiger partial charge in [0, 0.05) is 12.7 Å². The van der Waals surface area contributed by atoms with Crippen LogP contribution in [0.4, 0.5) is 28.4 Å². The van der Waals surface area contributed by atoms with E-state index in [1.165, 1.54) is 18.3 Å². The molecule has 1 aromatic heterocycles. The summed E-state index contributed by atoms with van der Waals surface area (Å²) >= 11 is 0. The Bertz CT molecular complexity index is 1140. The summed E-state index contributed by atoms with van der Waals surface area (Å²) in [5, 5.41) is 6.41. The van der Waals surface area contributed by atoms with Gasteiger partial charge in [-0.1, -0.05) is 0 Å². The molecule has 0 aliphatic rings. The number of ether oxygens (including phenoxy) is 2. The quantitative estimate of drug-likeness (QED) is 0.206. The zero-order chi connectivity index (χ0) is 30.9. The number of ketones is 1. The van der Waals surface area contributed by atoms with Gasteiger partial charge in [-0.3, -0.25) is 30.0 Å². The van der Waals surface area contributed by atoms with Gasteiger partial charge in [-0.2, -0.15) is 13.2 Å². The lowest BCUT2D eigenvalue weighted by Gasteiger charge is -2.22. The van der Waals surface area contributed by atoms with Crippen molar-refractivity contribution in [2.75, 3.05) is 12.3 Å². The number of nitrogens with zero attached hydrogens (tertiary/aromatic N) is 2. The van der Waals surface area contributed by atoms with Crippen molar-refractivity contribution in [3.05, 3.63) is 28.7 Å². The minimum Gasteiger partial charge on any atom is -0.444 e. The standard InChI is InChI=1S/C24H35F3N6O7/c1-22(2,3)39-20(37)31-19(32-21(38)40-23(4,5)6)29-11-7-10-15(17(35)24(25,26)27)30-16(34)13-33-12-8-9-14(28)18(33)36/h8-9,12,15H,7,10-11,13,28H2,1-6H3,(H,30,34)(H2,29,31,32,37,38). The van der Waals surface area contributed by atoms with Crippen LogP contribution < -0.4 is 27.2 Å². The Morgan fingerprint density at radius 2 is 1.52 bits per heavy atom. The highest BCUT2D eigenvalue weighted by molar-refractivity contribution is 6.01. The molecule has 0 saturated carbocycles. The average Bonchev–Trinajstić information content (AvgIpc) is 2.75. The van der Waals surface area contributed by atoms with Crippen LogP contribution in [-0.2, 0) is 25.6 Å². The van der Waals surface area contributed by atoms with Crippen molar-refractivity contribution in [2.45, 2.75) is 84.3 Å². The number of anilines is 1. The van der Waals surface area contributed by atoms with E-state index in [0.29, 0.717) is 0 Å². The highest BCUT2D eigenvalue weighted by Crippen LogP contribution is 2.20. The Hall–Kier alpha value is -4.11. The fourth-order valence-corrected chi connectivity index (χ4v) is 2.94. The minimum atomic E-state index is -5.25. The number of nitrogens with two attached hydrogens (primary N) is 1. The van der Waals surface area contributed by atoms with E-state index in [0.717, 1.165) is 4.57 Å². The van der Waals surface area contributed by atoms with Gasteiger partial charge in [0.1, 0.15) is 17.7 Å². The second kappa shape index (κ2) is 13.8. The Morgan fingerprint density at radius 3 is 2.00 bits per heavy atom. The third kappa shape index (κ3) is 13.1. The number of carbonyl (C=O) groups excluding carboxylic acids is 4. The molecule has 1 unspecified atom stereocenters. The Labute approximate surface area is 228 Å². The van der Waals surface area contributed by atoms with Crippen molar-refractivity contribution in [2.24, 2.45) is 4.99 Å². The molecule has 0 bridgehead atoms. The molecule has 0 fully saturated rings. The average molecular weight is 577 g/mol. The number of aromatic nitrogens is 1. The lowest BCUT2D eigenvalue weighted by Crippen LogP contribution is -2.48. The molecule has 13 nitrogen and oxygen atoms in total. The van der Waals surface area contributed by atoms with Gasteiger partial charge in [0.05, 0.1) is 11.7 Å². The number of hydrogen-bond acceptors (Lipinski definition) is 9. The van der Waals surface area contributed by atoms with Gasteiger partial charge in [0.25, 0.3) is 11.3 Å². The second-order valence-electron chi connectivity index (χ2n) is 10.5. The van der Waals surface area contributed by atoms with Crippen LogP contribution in [0.5, 0.6) is 0 Å². The summed E-state index contributed by atoms with van der Waals surface area (Å²) in [7, 11) is 0. The number of nitrogen functional groups attached to an aromatic ring is 1. The first-order chi connectivity index (χ1) is 18.2. The molecule has 1 rings (SSSR count). The molecule has 0 aliphatic carbocycles. The highest BCUT2D eigenvalue weighted by Gasteiger charge is 2.43. The predicted octanol–water partition coefficient (Wildman–Crippen LogP) is 2.23. The van der Waals surface area contributed by atoms with Gasteiger partial charge in [-0.15, -0.1) is 0 Å². The summed E-state index contributed by atoms with van der Waals surface area (Å²) in [6, 6.07) is 0.673. The maximum absolute atomic E-state index is 13.2. The van der Waals surface area contributed by atoms with Crippen LogP contribution in [0.1, 0.15) is 54.4 Å². The van der Waals surface area contributed by atoms with Crippen molar-refractivity contribution >= 4 is 35.5 Å². The molecular formula is C24H35F3N6O7. The maximum atomic E-state index is 13.2. The van der Waals surface area contributed by atoms with Crippen LogP contribution in [0.25, 0.3) is 0 Å². The topological polar surface area (TPSA) is 183 Å². The zero-order valence-corrected chi connectivity index (χ0v) is 23.1. The molecule has 40 heavy (non-hydrogen) atoms. The third-order valence-corrected chi connectivity index (χ3v) is 4.45. The van der Waals surface area contributed by atoms with E-state index in [2.05, 4.69) is 15.6 Å². The Kier molecular flexibility index (Phi) is 11.7. The molecule has 0 radical (unpaired) electrons. The summed E-state index contributed by atoms with van der Waals surface area (Å²) in [6.07, 6.45) is -6.69. The molecule has 16 heteroatoms. The van der Waals surface area contributed by atoms with Gasteiger partial charge < -0.3 is 25.1 Å². The largest absolute Gasteiger partial charge is 0.452 e. The number of aliphatic imine (C=N–C) groups is 1. The fourth-order valence-electron chi connectivity index (χ4n) is 2.94. The number of halogens is 3. The number of rotatable bonds is 8. The van der Waals surface area contributed by atoms with E-state index < -0.39 is 71.8 Å². The normalized spacial score (nSPS) is 12.5. The van der Waals surface area contributed by atoms with Crippen LogP contribution >= 0.6 is 0 Å². The van der Waals surface area contributed by atoms with Crippen molar-refractivity contribution in [1.82, 2.24) is 20.5 Å². The van der Waals surface area contributed by atoms with Crippen molar-refractivity contribution in [1.29, 1.82) is 0 Å². The lowest BCUT2D eigenvalue weighted by atomic mass is 10.1. The zero-order valence-electron chi connectivity index (χ0n) is 23.1. The van der Waals surface area contributed by atoms with Crippen molar-refractivity contribution < 1.29 is 41.8 Å². The van der Waals surface area contributed by atoms with E-state index in [1.54, 1.807) is 41.5 Å². The predicted molar refractivity (Wildman–Crippen MR) is 138 cm³/mol. The first-order valence-corrected chi connectivity index (χ1v) is 12.1. The van der Waals surface area contributed by atoms with Gasteiger partial charge >= 0.3 is 18.4 Å². The van der Waals surface area contributed by atoms with Gasteiger partial charge in [0.2, 0.25) is 11.9 Å². The molecule has 0 aromatic carbocycles. The number of hydrogen-bond donors (Lipinski definition) is 4. The molecule has 224 valence electrons. The Balaban J connectivity index is 2.98. The number of Topliss-reactive ketones (excluding diaryl/α,β-unsaturated/α-hetero) is 1. The number of guanidine groups is 1. The van der Waals surface area contributed by atoms with Crippen LogP contribution in [0, 0.1) is 0 Å². The lowest BCUT2D eigenvalue weighted by molar-refractivity contribution is -0.174.